The van der Waals surface area contributed by atoms with Gasteiger partial charge in [-0.2, -0.15) is 0 Å². The van der Waals surface area contributed by atoms with Gasteiger partial charge in [-0.1, -0.05) is 108 Å². The van der Waals surface area contributed by atoms with E-state index in [1.807, 2.05) is 0 Å². The van der Waals surface area contributed by atoms with Crippen molar-refractivity contribution in [1.29, 1.82) is 0 Å². The van der Waals surface area contributed by atoms with Crippen LogP contribution in [0.5, 0.6) is 0 Å². The molecule has 262 valence electrons. The Bertz CT molecular complexity index is 804. The summed E-state index contributed by atoms with van der Waals surface area (Å²) in [6.45, 7) is 6.86. The second-order valence-corrected chi connectivity index (χ2v) is 16.0. The SMILES string of the molecule is C[C@@H]1N[C@H](CCCCCCCCCCCC2=C[C@@H](CCCCCCCCC[C@@H]3CC[C@H](O)[C@H](C)N3)[C@@H]3CCCN3C2)CC[C@@H]1O. The number of aliphatic hydroxyl groups is 2. The molecule has 45 heavy (non-hydrogen) atoms. The number of unbranched alkanes of at least 4 members (excludes halogenated alkanes) is 14. The number of nitrogens with one attached hydrogen (secondary N) is 2. The van der Waals surface area contributed by atoms with Gasteiger partial charge < -0.3 is 20.8 Å². The van der Waals surface area contributed by atoms with Crippen LogP contribution in [0, 0.1) is 5.92 Å². The van der Waals surface area contributed by atoms with Crippen LogP contribution in [0.2, 0.25) is 0 Å². The van der Waals surface area contributed by atoms with Crippen LogP contribution in [-0.4, -0.2) is 70.6 Å². The Kier molecular flexibility index (Phi) is 17.8. The summed E-state index contributed by atoms with van der Waals surface area (Å²) in [4.78, 5) is 2.84. The molecule has 0 aromatic heterocycles. The number of rotatable bonds is 22. The van der Waals surface area contributed by atoms with Crippen molar-refractivity contribution >= 4 is 0 Å². The fourth-order valence-corrected chi connectivity index (χ4v) is 9.17. The van der Waals surface area contributed by atoms with Crippen molar-refractivity contribution in [3.8, 4) is 0 Å². The van der Waals surface area contributed by atoms with Gasteiger partial charge in [0.15, 0.2) is 0 Å². The van der Waals surface area contributed by atoms with Crippen LogP contribution in [0.25, 0.3) is 0 Å². The monoisotopic (exact) mass is 630 g/mol. The third-order valence-electron chi connectivity index (χ3n) is 12.2. The molecule has 0 radical (unpaired) electrons. The van der Waals surface area contributed by atoms with Crippen molar-refractivity contribution < 1.29 is 10.2 Å². The fraction of sp³-hybridized carbons (Fsp3) is 0.950. The van der Waals surface area contributed by atoms with Crippen LogP contribution in [0.3, 0.4) is 0 Å². The molecule has 0 bridgehead atoms. The summed E-state index contributed by atoms with van der Waals surface area (Å²) in [7, 11) is 0. The lowest BCUT2D eigenvalue weighted by atomic mass is 9.85. The van der Waals surface area contributed by atoms with Crippen molar-refractivity contribution in [2.75, 3.05) is 13.1 Å². The molecule has 8 atom stereocenters. The number of fused-ring (bicyclic) bond motifs is 1. The van der Waals surface area contributed by atoms with Crippen LogP contribution >= 0.6 is 0 Å². The molecular weight excluding hydrogens is 554 g/mol. The van der Waals surface area contributed by atoms with E-state index < -0.39 is 0 Å². The number of piperidine rings is 2. The molecule has 3 saturated heterocycles. The van der Waals surface area contributed by atoms with Gasteiger partial charge in [-0.25, -0.2) is 0 Å². The van der Waals surface area contributed by atoms with E-state index in [0.717, 1.165) is 37.6 Å². The van der Waals surface area contributed by atoms with E-state index >= 15 is 0 Å². The van der Waals surface area contributed by atoms with Gasteiger partial charge in [0.2, 0.25) is 0 Å². The first-order valence-corrected chi connectivity index (χ1v) is 20.3. The topological polar surface area (TPSA) is 67.8 Å². The molecular formula is C40H75N3O2. The zero-order valence-electron chi connectivity index (χ0n) is 29.8. The Hall–Kier alpha value is -0.460. The zero-order chi connectivity index (χ0) is 31.7. The van der Waals surface area contributed by atoms with Crippen molar-refractivity contribution in [2.45, 2.75) is 223 Å². The summed E-state index contributed by atoms with van der Waals surface area (Å²) in [5.41, 5.74) is 1.77. The summed E-state index contributed by atoms with van der Waals surface area (Å²) < 4.78 is 0. The van der Waals surface area contributed by atoms with Gasteiger partial charge in [-0.15, -0.1) is 0 Å². The van der Waals surface area contributed by atoms with Crippen molar-refractivity contribution in [1.82, 2.24) is 15.5 Å². The molecule has 4 aliphatic rings. The molecule has 3 fully saturated rings. The smallest absolute Gasteiger partial charge is 0.0691 e. The zero-order valence-corrected chi connectivity index (χ0v) is 29.8. The van der Waals surface area contributed by atoms with Crippen molar-refractivity contribution in [3.63, 3.8) is 0 Å². The third kappa shape index (κ3) is 13.9. The molecule has 4 heterocycles. The largest absolute Gasteiger partial charge is 0.392 e. The molecule has 0 aromatic carbocycles. The van der Waals surface area contributed by atoms with E-state index in [0.29, 0.717) is 12.1 Å². The van der Waals surface area contributed by atoms with E-state index in [2.05, 4.69) is 35.5 Å². The van der Waals surface area contributed by atoms with Crippen molar-refractivity contribution in [3.05, 3.63) is 11.6 Å². The van der Waals surface area contributed by atoms with Crippen LogP contribution in [0.15, 0.2) is 11.6 Å². The van der Waals surface area contributed by atoms with Crippen LogP contribution in [0.4, 0.5) is 0 Å². The lowest BCUT2D eigenvalue weighted by Gasteiger charge is -2.36. The average Bonchev–Trinajstić information content (AvgIpc) is 3.51. The summed E-state index contributed by atoms with van der Waals surface area (Å²) in [6.07, 6.45) is 37.4. The van der Waals surface area contributed by atoms with Crippen LogP contribution < -0.4 is 10.6 Å². The van der Waals surface area contributed by atoms with Gasteiger partial charge in [-0.05, 0) is 96.9 Å². The highest BCUT2D eigenvalue weighted by Gasteiger charge is 2.34. The Morgan fingerprint density at radius 3 is 1.58 bits per heavy atom. The Labute approximate surface area is 279 Å². The molecule has 4 rings (SSSR count). The maximum atomic E-state index is 9.90. The van der Waals surface area contributed by atoms with Gasteiger partial charge in [0.25, 0.3) is 0 Å². The van der Waals surface area contributed by atoms with Gasteiger partial charge in [-0.3, -0.25) is 4.90 Å². The van der Waals surface area contributed by atoms with Crippen molar-refractivity contribution in [2.24, 2.45) is 5.92 Å². The molecule has 0 unspecified atom stereocenters. The first-order chi connectivity index (χ1) is 22.0. The van der Waals surface area contributed by atoms with Gasteiger partial charge >= 0.3 is 0 Å². The lowest BCUT2D eigenvalue weighted by molar-refractivity contribution is 0.0848. The van der Waals surface area contributed by atoms with Gasteiger partial charge in [0.05, 0.1) is 12.2 Å². The fourth-order valence-electron chi connectivity index (χ4n) is 9.17. The normalized spacial score (nSPS) is 32.5. The van der Waals surface area contributed by atoms with Gasteiger partial charge in [0, 0.05) is 36.8 Å². The average molecular weight is 630 g/mol. The third-order valence-corrected chi connectivity index (χ3v) is 12.2. The maximum Gasteiger partial charge on any atom is 0.0691 e. The lowest BCUT2D eigenvalue weighted by Crippen LogP contribution is -2.48. The number of hydrogen-bond acceptors (Lipinski definition) is 5. The molecule has 5 nitrogen and oxygen atoms in total. The molecule has 0 amide bonds. The van der Waals surface area contributed by atoms with Crippen LogP contribution in [-0.2, 0) is 0 Å². The molecule has 0 spiro atoms. The number of aliphatic hydroxyl groups excluding tert-OH is 2. The molecule has 0 aromatic rings. The van der Waals surface area contributed by atoms with E-state index in [1.165, 1.54) is 154 Å². The predicted molar refractivity (Wildman–Crippen MR) is 192 cm³/mol. The molecule has 0 saturated carbocycles. The Balaban J connectivity index is 0.962. The van der Waals surface area contributed by atoms with E-state index in [9.17, 15) is 10.2 Å². The highest BCUT2D eigenvalue weighted by molar-refractivity contribution is 5.15. The molecule has 0 aliphatic carbocycles. The Morgan fingerprint density at radius 1 is 0.600 bits per heavy atom. The summed E-state index contributed by atoms with van der Waals surface area (Å²) in [5.74, 6) is 0.823. The molecule has 5 heteroatoms. The summed E-state index contributed by atoms with van der Waals surface area (Å²) in [5, 5.41) is 27.0. The van der Waals surface area contributed by atoms with E-state index in [4.69, 9.17) is 0 Å². The Morgan fingerprint density at radius 2 is 1.07 bits per heavy atom. The molecule has 4 N–H and O–H groups in total. The second kappa shape index (κ2) is 21.5. The predicted octanol–water partition coefficient (Wildman–Crippen LogP) is 8.81. The summed E-state index contributed by atoms with van der Waals surface area (Å²) in [6, 6.07) is 2.66. The minimum absolute atomic E-state index is 0.141. The highest BCUT2D eigenvalue weighted by atomic mass is 16.3. The number of hydrogen-bond donors (Lipinski definition) is 4. The maximum absolute atomic E-state index is 9.90. The standard InChI is InChI=1S/C40H75N3O2/c1-32-39(44)27-25-36(41-32)22-17-13-9-5-3-4-7-11-15-20-34-30-35(38-24-19-29-43(38)31-34)21-16-12-8-6-10-14-18-23-37-26-28-40(45)33(2)42-37/h30,32-33,35-42,44-45H,3-29,31H2,1-2H3/t32-,33-,35+,36+,37+,38-,39-,40-/m0/s1. The van der Waals surface area contributed by atoms with E-state index in [-0.39, 0.29) is 24.3 Å². The first-order valence-electron chi connectivity index (χ1n) is 20.3. The second-order valence-electron chi connectivity index (χ2n) is 16.0. The highest BCUT2D eigenvalue weighted by Crippen LogP contribution is 2.35. The number of nitrogens with zero attached hydrogens (tertiary/aromatic N) is 1. The van der Waals surface area contributed by atoms with E-state index in [1.54, 1.807) is 5.57 Å². The summed E-state index contributed by atoms with van der Waals surface area (Å²) >= 11 is 0. The van der Waals surface area contributed by atoms with Crippen LogP contribution in [0.1, 0.15) is 181 Å². The first kappa shape index (κ1) is 37.4. The minimum atomic E-state index is -0.142. The van der Waals surface area contributed by atoms with Gasteiger partial charge in [0.1, 0.15) is 0 Å². The molecule has 4 aliphatic heterocycles. The quantitative estimate of drug-likeness (QED) is 0.0712. The minimum Gasteiger partial charge on any atom is -0.392 e.